The molecule has 0 aromatic carbocycles. The van der Waals surface area contributed by atoms with E-state index < -0.39 is 0 Å². The predicted molar refractivity (Wildman–Crippen MR) is 127 cm³/mol. The van der Waals surface area contributed by atoms with Crippen LogP contribution in [0.25, 0.3) is 0 Å². The van der Waals surface area contributed by atoms with E-state index in [4.69, 9.17) is 0 Å². The van der Waals surface area contributed by atoms with Crippen molar-refractivity contribution in [2.45, 2.75) is 89.6 Å². The number of rotatable bonds is 6. The maximum absolute atomic E-state index is 13.0. The third-order valence-corrected chi connectivity index (χ3v) is 9.85. The molecule has 5 saturated carbocycles. The highest BCUT2D eigenvalue weighted by Gasteiger charge is 2.53. The first-order valence-corrected chi connectivity index (χ1v) is 13.5. The molecule has 5 aliphatic carbocycles. The minimum Gasteiger partial charge on any atom is -0.351 e. The van der Waals surface area contributed by atoms with E-state index >= 15 is 0 Å². The lowest BCUT2D eigenvalue weighted by Crippen LogP contribution is -2.56. The van der Waals surface area contributed by atoms with Crippen LogP contribution in [0.4, 0.5) is 0 Å². The molecule has 1 unspecified atom stereocenters. The van der Waals surface area contributed by atoms with Crippen LogP contribution in [0.2, 0.25) is 0 Å². The number of amides is 2. The zero-order valence-corrected chi connectivity index (χ0v) is 20.7. The van der Waals surface area contributed by atoms with Crippen LogP contribution < -0.4 is 11.0 Å². The fourth-order valence-electron chi connectivity index (χ4n) is 8.19. The molecule has 8 heteroatoms. The molecule has 1 N–H and O–H groups in total. The molecule has 8 nitrogen and oxygen atoms in total. The smallest absolute Gasteiger partial charge is 0.346 e. The Labute approximate surface area is 201 Å². The molecule has 2 heterocycles. The second-order valence-electron chi connectivity index (χ2n) is 12.3. The van der Waals surface area contributed by atoms with Crippen molar-refractivity contribution in [1.82, 2.24) is 24.6 Å². The maximum Gasteiger partial charge on any atom is 0.346 e. The first-order chi connectivity index (χ1) is 16.3. The SMILES string of the molecule is CC(NC(=O)Cn1nc(C2CCN(C(=O)C3CC3)CC2)n(C)c1=O)C12CC3CC(CC(C3)C1)C2. The summed E-state index contributed by atoms with van der Waals surface area (Å²) in [6, 6.07) is 0.139. The highest BCUT2D eigenvalue weighted by Crippen LogP contribution is 2.61. The van der Waals surface area contributed by atoms with Gasteiger partial charge in [0.15, 0.2) is 0 Å². The van der Waals surface area contributed by atoms with Crippen LogP contribution in [0.5, 0.6) is 0 Å². The molecule has 186 valence electrons. The molecule has 1 atom stereocenters. The summed E-state index contributed by atoms with van der Waals surface area (Å²) < 4.78 is 2.93. The van der Waals surface area contributed by atoms with Crippen molar-refractivity contribution < 1.29 is 9.59 Å². The standard InChI is InChI=1S/C26H39N5O3/c1-16(26-12-17-9-18(13-26)11-19(10-17)14-26)27-22(32)15-31-25(34)29(2)23(28-31)20-5-7-30(8-6-20)24(33)21-3-4-21/h16-21H,3-15H2,1-2H3,(H,27,32). The van der Waals surface area contributed by atoms with Crippen molar-refractivity contribution in [2.75, 3.05) is 13.1 Å². The summed E-state index contributed by atoms with van der Waals surface area (Å²) in [5.74, 6) is 3.86. The Morgan fingerprint density at radius 2 is 1.62 bits per heavy atom. The van der Waals surface area contributed by atoms with Crippen molar-refractivity contribution in [1.29, 1.82) is 0 Å². The number of hydrogen-bond donors (Lipinski definition) is 1. The predicted octanol–water partition coefficient (Wildman–Crippen LogP) is 2.42. The van der Waals surface area contributed by atoms with Gasteiger partial charge in [0.25, 0.3) is 0 Å². The maximum atomic E-state index is 13.0. The minimum atomic E-state index is -0.232. The summed E-state index contributed by atoms with van der Waals surface area (Å²) in [6.45, 7) is 3.60. The average molecular weight is 470 g/mol. The molecule has 1 aromatic rings. The highest BCUT2D eigenvalue weighted by molar-refractivity contribution is 5.81. The number of nitrogens with one attached hydrogen (secondary N) is 1. The summed E-state index contributed by atoms with van der Waals surface area (Å²) in [6.07, 6.45) is 11.6. The van der Waals surface area contributed by atoms with E-state index in [0.29, 0.717) is 5.91 Å². The van der Waals surface area contributed by atoms with E-state index in [1.807, 2.05) is 4.90 Å². The lowest BCUT2D eigenvalue weighted by molar-refractivity contribution is -0.133. The Balaban J connectivity index is 1.08. The quantitative estimate of drug-likeness (QED) is 0.693. The molecule has 4 bridgehead atoms. The molecule has 2 amide bonds. The zero-order valence-electron chi connectivity index (χ0n) is 20.7. The van der Waals surface area contributed by atoms with Gasteiger partial charge in [-0.3, -0.25) is 14.2 Å². The Bertz CT molecular complexity index is 994. The van der Waals surface area contributed by atoms with Gasteiger partial charge in [-0.2, -0.15) is 5.10 Å². The van der Waals surface area contributed by atoms with Crippen LogP contribution in [-0.4, -0.2) is 50.2 Å². The lowest BCUT2D eigenvalue weighted by atomic mass is 9.48. The van der Waals surface area contributed by atoms with Crippen LogP contribution in [0.15, 0.2) is 4.79 Å². The summed E-state index contributed by atoms with van der Waals surface area (Å²) in [5, 5.41) is 7.86. The van der Waals surface area contributed by atoms with E-state index in [-0.39, 0.29) is 41.4 Å². The van der Waals surface area contributed by atoms with E-state index in [2.05, 4.69) is 17.3 Å². The Kier molecular flexibility index (Phi) is 5.41. The molecule has 6 fully saturated rings. The fraction of sp³-hybridized carbons (Fsp3) is 0.846. The highest BCUT2D eigenvalue weighted by atomic mass is 16.2. The van der Waals surface area contributed by atoms with E-state index in [1.54, 1.807) is 11.6 Å². The minimum absolute atomic E-state index is 0.0254. The second kappa shape index (κ2) is 8.23. The van der Waals surface area contributed by atoms with Crippen LogP contribution in [-0.2, 0) is 23.2 Å². The van der Waals surface area contributed by atoms with Crippen molar-refractivity contribution in [3.05, 3.63) is 16.3 Å². The molecule has 0 radical (unpaired) electrons. The number of hydrogen-bond acceptors (Lipinski definition) is 4. The number of nitrogens with zero attached hydrogens (tertiary/aromatic N) is 4. The van der Waals surface area contributed by atoms with Crippen LogP contribution in [0.3, 0.4) is 0 Å². The largest absolute Gasteiger partial charge is 0.351 e. The fourth-order valence-corrected chi connectivity index (χ4v) is 8.19. The molecular formula is C26H39N5O3. The molecule has 1 saturated heterocycles. The van der Waals surface area contributed by atoms with Crippen molar-refractivity contribution in [2.24, 2.45) is 36.1 Å². The number of carbonyl (C=O) groups is 2. The zero-order chi connectivity index (χ0) is 23.6. The van der Waals surface area contributed by atoms with E-state index in [0.717, 1.165) is 62.4 Å². The van der Waals surface area contributed by atoms with E-state index in [9.17, 15) is 14.4 Å². The van der Waals surface area contributed by atoms with Crippen LogP contribution >= 0.6 is 0 Å². The van der Waals surface area contributed by atoms with Gasteiger partial charge in [0.1, 0.15) is 12.4 Å². The Morgan fingerprint density at radius 3 is 2.18 bits per heavy atom. The normalized spacial score (nSPS) is 33.8. The molecule has 6 aliphatic rings. The first kappa shape index (κ1) is 22.4. The molecule has 1 aliphatic heterocycles. The summed E-state index contributed by atoms with van der Waals surface area (Å²) in [5.41, 5.74) is 0.0142. The Hall–Kier alpha value is -2.12. The first-order valence-electron chi connectivity index (χ1n) is 13.5. The summed E-state index contributed by atoms with van der Waals surface area (Å²) in [7, 11) is 1.75. The number of carbonyl (C=O) groups excluding carboxylic acids is 2. The van der Waals surface area contributed by atoms with Gasteiger partial charge < -0.3 is 10.2 Å². The number of aromatic nitrogens is 3. The molecule has 7 rings (SSSR count). The van der Waals surface area contributed by atoms with Gasteiger partial charge in [-0.1, -0.05) is 0 Å². The van der Waals surface area contributed by atoms with E-state index in [1.165, 1.54) is 43.2 Å². The van der Waals surface area contributed by atoms with Gasteiger partial charge in [0.05, 0.1) is 0 Å². The van der Waals surface area contributed by atoms with Crippen molar-refractivity contribution >= 4 is 11.8 Å². The Morgan fingerprint density at radius 1 is 1.03 bits per heavy atom. The van der Waals surface area contributed by atoms with Crippen LogP contribution in [0.1, 0.15) is 82.9 Å². The average Bonchev–Trinajstić information content (AvgIpc) is 3.61. The summed E-state index contributed by atoms with van der Waals surface area (Å²) in [4.78, 5) is 40.2. The topological polar surface area (TPSA) is 89.2 Å². The summed E-state index contributed by atoms with van der Waals surface area (Å²) >= 11 is 0. The third kappa shape index (κ3) is 3.91. The molecule has 34 heavy (non-hydrogen) atoms. The van der Waals surface area contributed by atoms with Gasteiger partial charge in [-0.15, -0.1) is 0 Å². The van der Waals surface area contributed by atoms with Gasteiger partial charge in [-0.25, -0.2) is 9.48 Å². The van der Waals surface area contributed by atoms with Gasteiger partial charge >= 0.3 is 5.69 Å². The number of likely N-dealkylation sites (tertiary alicyclic amines) is 1. The van der Waals surface area contributed by atoms with Crippen molar-refractivity contribution in [3.8, 4) is 0 Å². The monoisotopic (exact) mass is 469 g/mol. The molecular weight excluding hydrogens is 430 g/mol. The lowest BCUT2D eigenvalue weighted by Gasteiger charge is -2.59. The second-order valence-corrected chi connectivity index (χ2v) is 12.3. The third-order valence-electron chi connectivity index (χ3n) is 9.85. The molecule has 1 aromatic heterocycles. The van der Waals surface area contributed by atoms with Crippen molar-refractivity contribution in [3.63, 3.8) is 0 Å². The van der Waals surface area contributed by atoms with Gasteiger partial charge in [0, 0.05) is 38.0 Å². The van der Waals surface area contributed by atoms with Crippen LogP contribution in [0, 0.1) is 29.1 Å². The molecule has 0 spiro atoms. The van der Waals surface area contributed by atoms with Gasteiger partial charge in [-0.05, 0) is 94.3 Å². The number of piperidine rings is 1. The van der Waals surface area contributed by atoms with Gasteiger partial charge in [0.2, 0.25) is 11.8 Å².